The predicted octanol–water partition coefficient (Wildman–Crippen LogP) is 6.06. The summed E-state index contributed by atoms with van der Waals surface area (Å²) in [7, 11) is 2.39. The molecule has 0 spiro atoms. The molecule has 12 nitrogen and oxygen atoms in total. The highest BCUT2D eigenvalue weighted by atomic mass is 28.3. The van der Waals surface area contributed by atoms with Gasteiger partial charge in [-0.25, -0.2) is 4.79 Å². The molecule has 1 fully saturated rings. The largest absolute Gasteiger partial charge is 0.474 e. The zero-order valence-electron chi connectivity index (χ0n) is 27.0. The summed E-state index contributed by atoms with van der Waals surface area (Å²) in [5, 5.41) is 8.32. The monoisotopic (exact) mass is 620 g/mol. The quantitative estimate of drug-likeness (QED) is 0.158. The van der Waals surface area contributed by atoms with E-state index in [9.17, 15) is 4.79 Å². The zero-order valence-corrected chi connectivity index (χ0v) is 28.0. The molecule has 0 bridgehead atoms. The van der Waals surface area contributed by atoms with Crippen LogP contribution in [0.1, 0.15) is 33.6 Å². The number of nitrogens with one attached hydrogen (secondary N) is 1. The molecular weight excluding hydrogens is 576 g/mol. The number of carbonyl (C=O) groups is 1. The number of nitrogens with zero attached hydrogens (tertiary/aromatic N) is 7. The van der Waals surface area contributed by atoms with Crippen LogP contribution in [-0.4, -0.2) is 79.8 Å². The standard InChI is InChI=1S/C31H44N8O4Si/c1-31(2,3)43-30(40)38(5)23-14-24(15-23)42-28-26-25(21-10-9-11-32-16-21)19-39(20-41-12-13-44(6,7)8)27(26)35-29(36-28)34-22-17-33-37(4)18-22/h9-11,16-19,23-24H,12-15,20H2,1-8H3,(H,34,35,36). The minimum atomic E-state index is -1.24. The van der Waals surface area contributed by atoms with E-state index in [-0.39, 0.29) is 18.2 Å². The maximum absolute atomic E-state index is 12.6. The Bertz CT molecular complexity index is 1590. The lowest BCUT2D eigenvalue weighted by atomic mass is 9.88. The van der Waals surface area contributed by atoms with E-state index in [0.29, 0.717) is 43.7 Å². The lowest BCUT2D eigenvalue weighted by Crippen LogP contribution is -2.51. The summed E-state index contributed by atoms with van der Waals surface area (Å²) in [6, 6.07) is 5.01. The average Bonchev–Trinajstić information content (AvgIpc) is 3.50. The van der Waals surface area contributed by atoms with Crippen molar-refractivity contribution in [1.82, 2.24) is 34.2 Å². The summed E-state index contributed by atoms with van der Waals surface area (Å²) in [5.74, 6) is 0.853. The number of hydrogen-bond acceptors (Lipinski definition) is 9. The van der Waals surface area contributed by atoms with Crippen molar-refractivity contribution >= 4 is 36.8 Å². The van der Waals surface area contributed by atoms with Gasteiger partial charge in [0.2, 0.25) is 11.8 Å². The van der Waals surface area contributed by atoms with Crippen LogP contribution in [0.3, 0.4) is 0 Å². The number of ether oxygens (including phenoxy) is 3. The lowest BCUT2D eigenvalue weighted by molar-refractivity contribution is -0.00927. The van der Waals surface area contributed by atoms with Crippen molar-refractivity contribution in [1.29, 1.82) is 0 Å². The van der Waals surface area contributed by atoms with E-state index < -0.39 is 13.7 Å². The van der Waals surface area contributed by atoms with Crippen LogP contribution in [0, 0.1) is 0 Å². The van der Waals surface area contributed by atoms with Crippen LogP contribution in [0.15, 0.2) is 43.1 Å². The number of aromatic nitrogens is 6. The van der Waals surface area contributed by atoms with E-state index >= 15 is 0 Å². The topological polar surface area (TPSA) is 121 Å². The molecule has 4 aromatic heterocycles. The second kappa shape index (κ2) is 12.6. The number of pyridine rings is 1. The van der Waals surface area contributed by atoms with E-state index in [1.54, 1.807) is 29.0 Å². The molecule has 0 atom stereocenters. The minimum absolute atomic E-state index is 0.0160. The van der Waals surface area contributed by atoms with Crippen LogP contribution in [0.2, 0.25) is 25.7 Å². The van der Waals surface area contributed by atoms with Gasteiger partial charge in [-0.3, -0.25) is 9.67 Å². The molecule has 0 aromatic carbocycles. The first kappa shape index (κ1) is 31.5. The third kappa shape index (κ3) is 7.75. The zero-order chi connectivity index (χ0) is 31.6. The Labute approximate surface area is 259 Å². The Morgan fingerprint density at radius 3 is 2.57 bits per heavy atom. The predicted molar refractivity (Wildman–Crippen MR) is 173 cm³/mol. The highest BCUT2D eigenvalue weighted by molar-refractivity contribution is 6.76. The second-order valence-electron chi connectivity index (χ2n) is 13.6. The van der Waals surface area contributed by atoms with Crippen molar-refractivity contribution in [2.75, 3.05) is 19.0 Å². The first-order valence-electron chi connectivity index (χ1n) is 15.0. The third-order valence-corrected chi connectivity index (χ3v) is 9.12. The number of fused-ring (bicyclic) bond motifs is 1. The smallest absolute Gasteiger partial charge is 0.410 e. The Kier molecular flexibility index (Phi) is 8.98. The number of anilines is 2. The molecule has 4 aromatic rings. The SMILES string of the molecule is CN(C(=O)OC(C)(C)C)C1CC(Oc2nc(Nc3cnn(C)c3)nc3c2c(-c2cccnc2)cn3COCC[Si](C)(C)C)C1. The van der Waals surface area contributed by atoms with Gasteiger partial charge in [-0.15, -0.1) is 0 Å². The summed E-state index contributed by atoms with van der Waals surface area (Å²) < 4.78 is 22.0. The van der Waals surface area contributed by atoms with Gasteiger partial charge in [0, 0.05) is 83.6 Å². The molecule has 44 heavy (non-hydrogen) atoms. The minimum Gasteiger partial charge on any atom is -0.474 e. The highest BCUT2D eigenvalue weighted by Gasteiger charge is 2.38. The fourth-order valence-electron chi connectivity index (χ4n) is 4.88. The Morgan fingerprint density at radius 2 is 1.93 bits per heavy atom. The van der Waals surface area contributed by atoms with Gasteiger partial charge in [-0.2, -0.15) is 15.1 Å². The molecule has 4 heterocycles. The molecule has 236 valence electrons. The molecule has 1 N–H and O–H groups in total. The van der Waals surface area contributed by atoms with Gasteiger partial charge in [0.25, 0.3) is 0 Å². The Morgan fingerprint density at radius 1 is 1.16 bits per heavy atom. The fourth-order valence-corrected chi connectivity index (χ4v) is 5.64. The average molecular weight is 621 g/mol. The molecule has 5 rings (SSSR count). The van der Waals surface area contributed by atoms with Crippen molar-refractivity contribution in [3.63, 3.8) is 0 Å². The summed E-state index contributed by atoms with van der Waals surface area (Å²) in [5.41, 5.74) is 2.73. The first-order chi connectivity index (χ1) is 20.8. The van der Waals surface area contributed by atoms with Gasteiger partial charge in [-0.1, -0.05) is 25.7 Å². The van der Waals surface area contributed by atoms with Crippen molar-refractivity contribution < 1.29 is 19.0 Å². The normalized spacial score (nSPS) is 16.9. The summed E-state index contributed by atoms with van der Waals surface area (Å²) in [6.07, 6.45) is 10.0. The summed E-state index contributed by atoms with van der Waals surface area (Å²) in [6.45, 7) is 13.6. The van der Waals surface area contributed by atoms with E-state index in [2.05, 4.69) is 35.0 Å². The van der Waals surface area contributed by atoms with Crippen LogP contribution in [0.5, 0.6) is 5.88 Å². The van der Waals surface area contributed by atoms with Crippen LogP contribution in [0.25, 0.3) is 22.2 Å². The van der Waals surface area contributed by atoms with Crippen LogP contribution in [0.4, 0.5) is 16.4 Å². The molecular formula is C31H44N8O4Si. The molecule has 1 amide bonds. The molecule has 0 aliphatic heterocycles. The van der Waals surface area contributed by atoms with Crippen molar-refractivity contribution in [2.24, 2.45) is 7.05 Å². The van der Waals surface area contributed by atoms with Crippen LogP contribution in [-0.2, 0) is 23.3 Å². The van der Waals surface area contributed by atoms with E-state index in [0.717, 1.165) is 28.2 Å². The third-order valence-electron chi connectivity index (χ3n) is 7.42. The van der Waals surface area contributed by atoms with Crippen molar-refractivity contribution in [2.45, 2.75) is 83.8 Å². The van der Waals surface area contributed by atoms with Gasteiger partial charge in [0.15, 0.2) is 5.65 Å². The highest BCUT2D eigenvalue weighted by Crippen LogP contribution is 2.39. The van der Waals surface area contributed by atoms with Crippen LogP contribution < -0.4 is 10.1 Å². The van der Waals surface area contributed by atoms with Gasteiger partial charge in [-0.05, 0) is 32.9 Å². The number of hydrogen-bond donors (Lipinski definition) is 1. The van der Waals surface area contributed by atoms with Gasteiger partial charge in [0.05, 0.1) is 17.3 Å². The van der Waals surface area contributed by atoms with Gasteiger partial charge >= 0.3 is 6.09 Å². The van der Waals surface area contributed by atoms with Gasteiger partial charge < -0.3 is 29.0 Å². The molecule has 1 saturated carbocycles. The molecule has 0 unspecified atom stereocenters. The second-order valence-corrected chi connectivity index (χ2v) is 19.3. The molecule has 13 heteroatoms. The maximum Gasteiger partial charge on any atom is 0.410 e. The number of aryl methyl sites for hydroxylation is 1. The number of amides is 1. The first-order valence-corrected chi connectivity index (χ1v) is 18.7. The fraction of sp³-hybridized carbons (Fsp3) is 0.516. The van der Waals surface area contributed by atoms with Crippen molar-refractivity contribution in [3.05, 3.63) is 43.1 Å². The van der Waals surface area contributed by atoms with E-state index in [4.69, 9.17) is 24.2 Å². The maximum atomic E-state index is 12.6. The lowest BCUT2D eigenvalue weighted by Gasteiger charge is -2.40. The molecule has 0 radical (unpaired) electrons. The number of carbonyl (C=O) groups excluding carboxylic acids is 1. The summed E-state index contributed by atoms with van der Waals surface area (Å²) in [4.78, 5) is 28.4. The van der Waals surface area contributed by atoms with Gasteiger partial charge in [0.1, 0.15) is 18.4 Å². The molecule has 1 aliphatic rings. The van der Waals surface area contributed by atoms with Crippen LogP contribution >= 0.6 is 0 Å². The molecule has 1 aliphatic carbocycles. The Hall–Kier alpha value is -3.97. The van der Waals surface area contributed by atoms with Crippen molar-refractivity contribution in [3.8, 4) is 17.0 Å². The Balaban J connectivity index is 1.47. The summed E-state index contributed by atoms with van der Waals surface area (Å²) >= 11 is 0. The molecule has 0 saturated heterocycles. The van der Waals surface area contributed by atoms with E-state index in [1.165, 1.54) is 0 Å². The van der Waals surface area contributed by atoms with E-state index in [1.807, 2.05) is 63.1 Å². The number of rotatable bonds is 11.